The van der Waals surface area contributed by atoms with Crippen LogP contribution in [0.5, 0.6) is 0 Å². The molecule has 2 aromatic rings. The second kappa shape index (κ2) is 6.98. The maximum atomic E-state index is 13.3. The lowest BCUT2D eigenvalue weighted by atomic mass is 10.0. The number of rotatable bonds is 4. The summed E-state index contributed by atoms with van der Waals surface area (Å²) in [5, 5.41) is 0. The number of carbonyl (C=O) groups excluding carboxylic acids is 1. The molecule has 0 spiro atoms. The van der Waals surface area contributed by atoms with E-state index in [1.807, 2.05) is 0 Å². The Bertz CT molecular complexity index is 686. The first-order valence-electron chi connectivity index (χ1n) is 8.27. The zero-order valence-corrected chi connectivity index (χ0v) is 13.3. The number of halogens is 1. The molecule has 3 rings (SSSR count). The van der Waals surface area contributed by atoms with Gasteiger partial charge in [0.15, 0.2) is 0 Å². The number of hydrogen-bond acceptors (Lipinski definition) is 3. The Kier molecular flexibility index (Phi) is 4.79. The zero-order chi connectivity index (χ0) is 16.2. The third-order valence-corrected chi connectivity index (χ3v) is 4.24. The third kappa shape index (κ3) is 3.46. The van der Waals surface area contributed by atoms with Crippen molar-refractivity contribution in [2.24, 2.45) is 0 Å². The standard InChI is InChI=1S/C17H22FN3O2/c1-2-3-10-23-17(22)21-9-5-4-6-15(21)16-19-13-8-7-12(18)11-14(13)20-16/h7-8,11,15H,2-6,9-10H2,1H3,(H,19,20). The molecule has 0 bridgehead atoms. The first-order chi connectivity index (χ1) is 11.2. The fourth-order valence-electron chi connectivity index (χ4n) is 2.98. The van der Waals surface area contributed by atoms with E-state index in [9.17, 15) is 9.18 Å². The number of fused-ring (bicyclic) bond motifs is 1. The highest BCUT2D eigenvalue weighted by molar-refractivity contribution is 5.75. The predicted molar refractivity (Wildman–Crippen MR) is 85.6 cm³/mol. The number of carbonyl (C=O) groups is 1. The summed E-state index contributed by atoms with van der Waals surface area (Å²) in [5.74, 6) is 0.407. The summed E-state index contributed by atoms with van der Waals surface area (Å²) in [7, 11) is 0. The molecule has 0 radical (unpaired) electrons. The van der Waals surface area contributed by atoms with Gasteiger partial charge in [-0.1, -0.05) is 13.3 Å². The molecule has 2 heterocycles. The Hall–Kier alpha value is -2.11. The van der Waals surface area contributed by atoms with E-state index < -0.39 is 0 Å². The fourth-order valence-corrected chi connectivity index (χ4v) is 2.98. The quantitative estimate of drug-likeness (QED) is 0.861. The summed E-state index contributed by atoms with van der Waals surface area (Å²) in [6, 6.07) is 4.34. The number of nitrogens with zero attached hydrogens (tertiary/aromatic N) is 2. The van der Waals surface area contributed by atoms with Crippen LogP contribution in [0.3, 0.4) is 0 Å². The van der Waals surface area contributed by atoms with Gasteiger partial charge in [0.25, 0.3) is 0 Å². The van der Waals surface area contributed by atoms with E-state index in [0.29, 0.717) is 30.0 Å². The monoisotopic (exact) mass is 319 g/mol. The largest absolute Gasteiger partial charge is 0.449 e. The number of aromatic nitrogens is 2. The molecule has 1 aliphatic rings. The maximum absolute atomic E-state index is 13.3. The molecule has 124 valence electrons. The van der Waals surface area contributed by atoms with Gasteiger partial charge in [0.1, 0.15) is 11.6 Å². The number of nitrogens with one attached hydrogen (secondary N) is 1. The molecule has 0 aliphatic carbocycles. The summed E-state index contributed by atoms with van der Waals surface area (Å²) in [6.45, 7) is 3.18. The van der Waals surface area contributed by atoms with Gasteiger partial charge >= 0.3 is 6.09 Å². The van der Waals surface area contributed by atoms with Crippen LogP contribution in [-0.2, 0) is 4.74 Å². The van der Waals surface area contributed by atoms with E-state index in [4.69, 9.17) is 4.74 Å². The number of H-pyrrole nitrogens is 1. The highest BCUT2D eigenvalue weighted by Gasteiger charge is 2.31. The molecular formula is C17H22FN3O2. The van der Waals surface area contributed by atoms with E-state index in [1.165, 1.54) is 12.1 Å². The molecule has 1 unspecified atom stereocenters. The van der Waals surface area contributed by atoms with E-state index in [2.05, 4.69) is 16.9 Å². The van der Waals surface area contributed by atoms with Crippen LogP contribution in [-0.4, -0.2) is 34.1 Å². The molecule has 1 aromatic heterocycles. The molecule has 6 heteroatoms. The lowest BCUT2D eigenvalue weighted by Gasteiger charge is -2.33. The first-order valence-corrected chi connectivity index (χ1v) is 8.27. The number of piperidine rings is 1. The highest BCUT2D eigenvalue weighted by Crippen LogP contribution is 2.31. The minimum Gasteiger partial charge on any atom is -0.449 e. The van der Waals surface area contributed by atoms with Crippen LogP contribution < -0.4 is 0 Å². The van der Waals surface area contributed by atoms with Crippen molar-refractivity contribution in [1.82, 2.24) is 14.9 Å². The molecular weight excluding hydrogens is 297 g/mol. The maximum Gasteiger partial charge on any atom is 0.410 e. The summed E-state index contributed by atoms with van der Waals surface area (Å²) in [4.78, 5) is 21.8. The zero-order valence-electron chi connectivity index (χ0n) is 13.3. The Morgan fingerprint density at radius 1 is 1.48 bits per heavy atom. The van der Waals surface area contributed by atoms with Crippen molar-refractivity contribution in [2.75, 3.05) is 13.2 Å². The second-order valence-electron chi connectivity index (χ2n) is 5.96. The Morgan fingerprint density at radius 3 is 3.17 bits per heavy atom. The van der Waals surface area contributed by atoms with E-state index in [1.54, 1.807) is 11.0 Å². The van der Waals surface area contributed by atoms with Crippen molar-refractivity contribution in [2.45, 2.75) is 45.1 Å². The molecule has 1 atom stereocenters. The third-order valence-electron chi connectivity index (χ3n) is 4.24. The summed E-state index contributed by atoms with van der Waals surface area (Å²) in [6.07, 6.45) is 4.42. The van der Waals surface area contributed by atoms with Crippen LogP contribution in [0.2, 0.25) is 0 Å². The van der Waals surface area contributed by atoms with Crippen molar-refractivity contribution in [3.8, 4) is 0 Å². The van der Waals surface area contributed by atoms with Crippen LogP contribution in [0, 0.1) is 5.82 Å². The number of likely N-dealkylation sites (tertiary alicyclic amines) is 1. The molecule has 1 aromatic carbocycles. The van der Waals surface area contributed by atoms with Crippen molar-refractivity contribution >= 4 is 17.1 Å². The van der Waals surface area contributed by atoms with Crippen LogP contribution in [0.15, 0.2) is 18.2 Å². The fraction of sp³-hybridized carbons (Fsp3) is 0.529. The first kappa shape index (κ1) is 15.8. The van der Waals surface area contributed by atoms with Gasteiger partial charge in [0.05, 0.1) is 23.7 Å². The number of amides is 1. The van der Waals surface area contributed by atoms with Gasteiger partial charge in [-0.15, -0.1) is 0 Å². The number of imidazole rings is 1. The van der Waals surface area contributed by atoms with Crippen LogP contribution in [0.4, 0.5) is 9.18 Å². The lowest BCUT2D eigenvalue weighted by molar-refractivity contribution is 0.0702. The van der Waals surface area contributed by atoms with E-state index >= 15 is 0 Å². The number of benzene rings is 1. The van der Waals surface area contributed by atoms with Gasteiger partial charge in [0.2, 0.25) is 0 Å². The van der Waals surface area contributed by atoms with Gasteiger partial charge in [-0.05, 0) is 43.9 Å². The van der Waals surface area contributed by atoms with Crippen LogP contribution in [0.25, 0.3) is 11.0 Å². The van der Waals surface area contributed by atoms with Crippen molar-refractivity contribution in [3.63, 3.8) is 0 Å². The minimum absolute atomic E-state index is 0.131. The van der Waals surface area contributed by atoms with Gasteiger partial charge in [0, 0.05) is 6.54 Å². The number of aromatic amines is 1. The average Bonchev–Trinajstić information content (AvgIpc) is 2.98. The lowest BCUT2D eigenvalue weighted by Crippen LogP contribution is -2.39. The SMILES string of the molecule is CCCCOC(=O)N1CCCCC1c1nc2ccc(F)cc2[nH]1. The molecule has 1 fully saturated rings. The number of hydrogen-bond donors (Lipinski definition) is 1. The smallest absolute Gasteiger partial charge is 0.410 e. The molecule has 1 aliphatic heterocycles. The molecule has 1 saturated heterocycles. The molecule has 0 saturated carbocycles. The average molecular weight is 319 g/mol. The number of ether oxygens (including phenoxy) is 1. The normalized spacial score (nSPS) is 18.3. The Morgan fingerprint density at radius 2 is 2.35 bits per heavy atom. The summed E-state index contributed by atoms with van der Waals surface area (Å²) in [5.41, 5.74) is 1.37. The highest BCUT2D eigenvalue weighted by atomic mass is 19.1. The molecule has 1 amide bonds. The van der Waals surface area contributed by atoms with Crippen molar-refractivity contribution in [1.29, 1.82) is 0 Å². The van der Waals surface area contributed by atoms with Gasteiger partial charge in [-0.3, -0.25) is 4.90 Å². The summed E-state index contributed by atoms with van der Waals surface area (Å²) < 4.78 is 18.7. The van der Waals surface area contributed by atoms with Crippen LogP contribution >= 0.6 is 0 Å². The van der Waals surface area contributed by atoms with Gasteiger partial charge in [-0.25, -0.2) is 14.2 Å². The predicted octanol–water partition coefficient (Wildman–Crippen LogP) is 4.17. The van der Waals surface area contributed by atoms with Crippen molar-refractivity contribution in [3.05, 3.63) is 29.8 Å². The van der Waals surface area contributed by atoms with E-state index in [0.717, 1.165) is 32.1 Å². The number of unbranched alkanes of at least 4 members (excludes halogenated alkanes) is 1. The molecule has 5 nitrogen and oxygen atoms in total. The molecule has 23 heavy (non-hydrogen) atoms. The topological polar surface area (TPSA) is 58.2 Å². The Balaban J connectivity index is 1.80. The minimum atomic E-state index is -0.299. The molecule has 1 N–H and O–H groups in total. The van der Waals surface area contributed by atoms with Crippen LogP contribution in [0.1, 0.15) is 50.9 Å². The Labute approximate surface area is 134 Å². The summed E-state index contributed by atoms with van der Waals surface area (Å²) >= 11 is 0. The van der Waals surface area contributed by atoms with Gasteiger partial charge < -0.3 is 9.72 Å². The van der Waals surface area contributed by atoms with Crippen molar-refractivity contribution < 1.29 is 13.9 Å². The second-order valence-corrected chi connectivity index (χ2v) is 5.96. The van der Waals surface area contributed by atoms with Gasteiger partial charge in [-0.2, -0.15) is 0 Å². The van der Waals surface area contributed by atoms with E-state index in [-0.39, 0.29) is 18.0 Å².